The van der Waals surface area contributed by atoms with Crippen LogP contribution in [0.25, 0.3) is 0 Å². The third-order valence-electron chi connectivity index (χ3n) is 4.47. The van der Waals surface area contributed by atoms with Crippen LogP contribution in [0, 0.1) is 11.8 Å². The zero-order chi connectivity index (χ0) is 16.5. The van der Waals surface area contributed by atoms with Crippen LogP contribution < -0.4 is 10.6 Å². The van der Waals surface area contributed by atoms with Crippen LogP contribution in [0.5, 0.6) is 0 Å². The molecule has 0 aromatic heterocycles. The Bertz CT molecular complexity index is 507. The second-order valence-electron chi connectivity index (χ2n) is 6.41. The zero-order valence-corrected chi connectivity index (χ0v) is 16.0. The van der Waals surface area contributed by atoms with Crippen molar-refractivity contribution in [3.63, 3.8) is 0 Å². The van der Waals surface area contributed by atoms with Gasteiger partial charge in [0, 0.05) is 35.3 Å². The summed E-state index contributed by atoms with van der Waals surface area (Å²) in [6, 6.07) is 9.83. The van der Waals surface area contributed by atoms with Crippen LogP contribution in [0.4, 0.5) is 0 Å². The van der Waals surface area contributed by atoms with Gasteiger partial charge in [0.25, 0.3) is 0 Å². The van der Waals surface area contributed by atoms with Crippen molar-refractivity contribution in [1.29, 1.82) is 0 Å². The highest BCUT2D eigenvalue weighted by atomic mass is 35.5. The lowest BCUT2D eigenvalue weighted by Crippen LogP contribution is -2.36. The molecule has 2 rings (SSSR count). The van der Waals surface area contributed by atoms with Crippen LogP contribution in [0.2, 0.25) is 0 Å². The predicted molar refractivity (Wildman–Crippen MR) is 103 cm³/mol. The predicted octanol–water partition coefficient (Wildman–Crippen LogP) is 2.50. The normalized spacial score (nSPS) is 19.8. The smallest absolute Gasteiger partial charge is 0.220 e. The minimum Gasteiger partial charge on any atom is -0.355 e. The summed E-state index contributed by atoms with van der Waals surface area (Å²) in [5, 5.41) is 6.32. The minimum absolute atomic E-state index is 0. The van der Waals surface area contributed by atoms with Crippen molar-refractivity contribution >= 4 is 29.1 Å². The zero-order valence-electron chi connectivity index (χ0n) is 14.3. The van der Waals surface area contributed by atoms with Gasteiger partial charge in [0.05, 0.1) is 0 Å². The van der Waals surface area contributed by atoms with E-state index >= 15 is 0 Å². The summed E-state index contributed by atoms with van der Waals surface area (Å²) < 4.78 is 12.0. The Morgan fingerprint density at radius 1 is 1.38 bits per heavy atom. The first-order valence-corrected chi connectivity index (χ1v) is 10.0. The Labute approximate surface area is 154 Å². The van der Waals surface area contributed by atoms with Crippen molar-refractivity contribution in [2.45, 2.75) is 31.9 Å². The van der Waals surface area contributed by atoms with Gasteiger partial charge >= 0.3 is 0 Å². The van der Waals surface area contributed by atoms with Gasteiger partial charge in [-0.05, 0) is 43.3 Å². The molecule has 1 aromatic carbocycles. The summed E-state index contributed by atoms with van der Waals surface area (Å²) in [4.78, 5) is 12.0. The molecular formula is C18H29ClN2O2S. The van der Waals surface area contributed by atoms with E-state index in [-0.39, 0.29) is 18.3 Å². The average Bonchev–Trinajstić information content (AvgIpc) is 2.56. The Balaban J connectivity index is 0.00000288. The second kappa shape index (κ2) is 11.6. The summed E-state index contributed by atoms with van der Waals surface area (Å²) in [5.41, 5.74) is 1.08. The largest absolute Gasteiger partial charge is 0.355 e. The van der Waals surface area contributed by atoms with E-state index in [2.05, 4.69) is 17.6 Å². The molecule has 0 radical (unpaired) electrons. The van der Waals surface area contributed by atoms with E-state index in [1.165, 1.54) is 12.8 Å². The SMILES string of the molecule is CC(CC(=O)NCCS(=O)Cc1ccccc1)C1CCCNC1.Cl. The topological polar surface area (TPSA) is 58.2 Å². The monoisotopic (exact) mass is 372 g/mol. The lowest BCUT2D eigenvalue weighted by Gasteiger charge is -2.28. The van der Waals surface area contributed by atoms with Gasteiger partial charge in [0.2, 0.25) is 5.91 Å². The van der Waals surface area contributed by atoms with Gasteiger partial charge in [-0.25, -0.2) is 0 Å². The molecule has 0 saturated carbocycles. The first-order chi connectivity index (χ1) is 11.1. The van der Waals surface area contributed by atoms with Crippen molar-refractivity contribution in [1.82, 2.24) is 10.6 Å². The number of halogens is 1. The molecule has 1 aromatic rings. The maximum Gasteiger partial charge on any atom is 0.220 e. The molecule has 0 aliphatic carbocycles. The van der Waals surface area contributed by atoms with E-state index in [0.29, 0.717) is 36.3 Å². The number of amides is 1. The Morgan fingerprint density at radius 2 is 2.12 bits per heavy atom. The maximum atomic E-state index is 12.0. The number of rotatable bonds is 8. The number of carbonyl (C=O) groups is 1. The van der Waals surface area contributed by atoms with E-state index in [9.17, 15) is 9.00 Å². The number of piperidine rings is 1. The summed E-state index contributed by atoms with van der Waals surface area (Å²) in [6.45, 7) is 4.77. The van der Waals surface area contributed by atoms with Crippen LogP contribution in [-0.4, -0.2) is 35.5 Å². The Morgan fingerprint density at radius 3 is 2.79 bits per heavy atom. The molecule has 1 aliphatic rings. The molecule has 136 valence electrons. The molecule has 2 N–H and O–H groups in total. The molecule has 3 atom stereocenters. The third-order valence-corrected chi connectivity index (χ3v) is 5.78. The first-order valence-electron chi connectivity index (χ1n) is 8.51. The molecule has 6 heteroatoms. The van der Waals surface area contributed by atoms with Gasteiger partial charge < -0.3 is 10.6 Å². The summed E-state index contributed by atoms with van der Waals surface area (Å²) >= 11 is 0. The van der Waals surface area contributed by atoms with Crippen molar-refractivity contribution in [2.24, 2.45) is 11.8 Å². The molecular weight excluding hydrogens is 344 g/mol. The first kappa shape index (κ1) is 21.1. The van der Waals surface area contributed by atoms with Gasteiger partial charge in [-0.1, -0.05) is 37.3 Å². The van der Waals surface area contributed by atoms with Gasteiger partial charge in [0.1, 0.15) is 0 Å². The number of benzene rings is 1. The summed E-state index contributed by atoms with van der Waals surface area (Å²) in [6.07, 6.45) is 2.98. The molecule has 1 fully saturated rings. The number of nitrogens with one attached hydrogen (secondary N) is 2. The highest BCUT2D eigenvalue weighted by Crippen LogP contribution is 2.22. The maximum absolute atomic E-state index is 12.0. The highest BCUT2D eigenvalue weighted by Gasteiger charge is 2.21. The lowest BCUT2D eigenvalue weighted by molar-refractivity contribution is -0.122. The quantitative estimate of drug-likeness (QED) is 0.737. The van der Waals surface area contributed by atoms with Crippen molar-refractivity contribution in [2.75, 3.05) is 25.4 Å². The standard InChI is InChI=1S/C18H28N2O2S.ClH/c1-15(17-8-5-9-19-13-17)12-18(21)20-10-11-23(22)14-16-6-3-2-4-7-16;/h2-4,6-7,15,17,19H,5,8-14H2,1H3,(H,20,21);1H. The fraction of sp³-hybridized carbons (Fsp3) is 0.611. The molecule has 0 spiro atoms. The van der Waals surface area contributed by atoms with Gasteiger partial charge in [-0.15, -0.1) is 12.4 Å². The van der Waals surface area contributed by atoms with Crippen molar-refractivity contribution < 1.29 is 9.00 Å². The van der Waals surface area contributed by atoms with Crippen molar-refractivity contribution in [3.8, 4) is 0 Å². The van der Waals surface area contributed by atoms with Crippen LogP contribution in [0.15, 0.2) is 30.3 Å². The van der Waals surface area contributed by atoms with E-state index in [4.69, 9.17) is 0 Å². The van der Waals surface area contributed by atoms with Crippen LogP contribution in [-0.2, 0) is 21.3 Å². The number of hydrogen-bond acceptors (Lipinski definition) is 3. The van der Waals surface area contributed by atoms with Crippen LogP contribution >= 0.6 is 12.4 Å². The molecule has 0 bridgehead atoms. The number of hydrogen-bond donors (Lipinski definition) is 2. The molecule has 1 heterocycles. The van der Waals surface area contributed by atoms with Crippen LogP contribution in [0.1, 0.15) is 31.7 Å². The van der Waals surface area contributed by atoms with Crippen LogP contribution in [0.3, 0.4) is 0 Å². The second-order valence-corrected chi connectivity index (χ2v) is 7.99. The summed E-state index contributed by atoms with van der Waals surface area (Å²) in [7, 11) is -0.929. The summed E-state index contributed by atoms with van der Waals surface area (Å²) in [5.74, 6) is 2.15. The average molecular weight is 373 g/mol. The fourth-order valence-electron chi connectivity index (χ4n) is 3.03. The van der Waals surface area contributed by atoms with E-state index in [1.807, 2.05) is 30.3 Å². The molecule has 3 unspecified atom stereocenters. The van der Waals surface area contributed by atoms with E-state index in [0.717, 1.165) is 18.7 Å². The van der Waals surface area contributed by atoms with Crippen molar-refractivity contribution in [3.05, 3.63) is 35.9 Å². The highest BCUT2D eigenvalue weighted by molar-refractivity contribution is 7.84. The molecule has 1 amide bonds. The molecule has 4 nitrogen and oxygen atoms in total. The van der Waals surface area contributed by atoms with E-state index in [1.54, 1.807) is 0 Å². The minimum atomic E-state index is -0.929. The van der Waals surface area contributed by atoms with E-state index < -0.39 is 10.8 Å². The molecule has 1 aliphatic heterocycles. The van der Waals surface area contributed by atoms with Gasteiger partial charge in [-0.2, -0.15) is 0 Å². The number of carbonyl (C=O) groups excluding carboxylic acids is 1. The molecule has 24 heavy (non-hydrogen) atoms. The lowest BCUT2D eigenvalue weighted by atomic mass is 9.85. The third kappa shape index (κ3) is 7.77. The Kier molecular flexibility index (Phi) is 10.2. The Hall–Kier alpha value is -0.910. The molecule has 1 saturated heterocycles. The van der Waals surface area contributed by atoms with Gasteiger partial charge in [0.15, 0.2) is 0 Å². The van der Waals surface area contributed by atoms with Gasteiger partial charge in [-0.3, -0.25) is 9.00 Å². The fourth-order valence-corrected chi connectivity index (χ4v) is 4.07.